The molecule has 1 unspecified atom stereocenters. The maximum Gasteiger partial charge on any atom is 0.273 e. The quantitative estimate of drug-likeness (QED) is 0.729. The van der Waals surface area contributed by atoms with Gasteiger partial charge < -0.3 is 19.8 Å². The molecule has 3 heterocycles. The second-order valence-corrected chi connectivity index (χ2v) is 8.96. The second-order valence-electron chi connectivity index (χ2n) is 8.18. The van der Waals surface area contributed by atoms with Crippen molar-refractivity contribution in [2.75, 3.05) is 19.6 Å². The first-order chi connectivity index (χ1) is 13.8. The van der Waals surface area contributed by atoms with Crippen LogP contribution in [0.4, 0.5) is 0 Å². The molecule has 0 bridgehead atoms. The first-order valence-electron chi connectivity index (χ1n) is 9.68. The molecule has 0 aliphatic carbocycles. The summed E-state index contributed by atoms with van der Waals surface area (Å²) in [4.78, 5) is 26.3. The lowest BCUT2D eigenvalue weighted by atomic mass is 9.93. The van der Waals surface area contributed by atoms with Gasteiger partial charge in [-0.1, -0.05) is 37.6 Å². The van der Waals surface area contributed by atoms with E-state index in [0.29, 0.717) is 31.0 Å². The number of amides is 2. The first-order valence-corrected chi connectivity index (χ1v) is 10.6. The molecule has 1 aliphatic heterocycles. The molecule has 0 aromatic carbocycles. The minimum absolute atomic E-state index is 0.198. The zero-order valence-electron chi connectivity index (χ0n) is 17.0. The minimum Gasteiger partial charge on any atom is -0.378 e. The largest absolute Gasteiger partial charge is 0.378 e. The molecule has 29 heavy (non-hydrogen) atoms. The van der Waals surface area contributed by atoms with Crippen molar-refractivity contribution < 1.29 is 19.2 Å². The molecule has 0 spiro atoms. The lowest BCUT2D eigenvalue weighted by molar-refractivity contribution is -0.141. The molecule has 2 amide bonds. The predicted octanol–water partition coefficient (Wildman–Crippen LogP) is 3.05. The van der Waals surface area contributed by atoms with Crippen molar-refractivity contribution in [2.45, 2.75) is 45.1 Å². The molecule has 2 N–H and O–H groups in total. The van der Waals surface area contributed by atoms with Crippen LogP contribution >= 0.6 is 11.3 Å². The highest BCUT2D eigenvalue weighted by Gasteiger charge is 2.26. The highest BCUT2D eigenvalue weighted by molar-refractivity contribution is 7.08. The van der Waals surface area contributed by atoms with Crippen LogP contribution in [0.3, 0.4) is 0 Å². The molecule has 1 fully saturated rings. The summed E-state index contributed by atoms with van der Waals surface area (Å²) < 4.78 is 5.24. The van der Waals surface area contributed by atoms with Gasteiger partial charge in [-0.2, -0.15) is 11.3 Å². The van der Waals surface area contributed by atoms with Crippen LogP contribution < -0.4 is 5.32 Å². The van der Waals surface area contributed by atoms with E-state index in [9.17, 15) is 14.7 Å². The molecule has 1 aliphatic rings. The molecule has 156 valence electrons. The average molecular weight is 418 g/mol. The van der Waals surface area contributed by atoms with Crippen molar-refractivity contribution >= 4 is 23.2 Å². The molecular weight excluding hydrogens is 390 g/mol. The van der Waals surface area contributed by atoms with Gasteiger partial charge in [0, 0.05) is 36.7 Å². The Kier molecular flexibility index (Phi) is 6.54. The van der Waals surface area contributed by atoms with Crippen molar-refractivity contribution in [3.8, 4) is 0 Å². The number of nitrogens with one attached hydrogen (secondary N) is 1. The van der Waals surface area contributed by atoms with Gasteiger partial charge in [-0.25, -0.2) is 0 Å². The minimum atomic E-state index is -1.09. The maximum atomic E-state index is 12.4. The number of carbonyl (C=O) groups is 2. The first kappa shape index (κ1) is 21.3. The van der Waals surface area contributed by atoms with Gasteiger partial charge in [-0.15, -0.1) is 0 Å². The summed E-state index contributed by atoms with van der Waals surface area (Å²) in [6, 6.07) is 3.44. The van der Waals surface area contributed by atoms with Crippen LogP contribution in [0.5, 0.6) is 0 Å². The van der Waals surface area contributed by atoms with Gasteiger partial charge in [0.1, 0.15) is 5.76 Å². The lowest BCUT2D eigenvalue weighted by Crippen LogP contribution is -2.39. The van der Waals surface area contributed by atoms with E-state index >= 15 is 0 Å². The van der Waals surface area contributed by atoms with Crippen molar-refractivity contribution in [2.24, 2.45) is 0 Å². The van der Waals surface area contributed by atoms with Crippen molar-refractivity contribution in [3.05, 3.63) is 51.6 Å². The average Bonchev–Trinajstić information content (AvgIpc) is 3.39. The van der Waals surface area contributed by atoms with Gasteiger partial charge in [0.2, 0.25) is 0 Å². The number of hydrogen-bond acceptors (Lipinski definition) is 6. The molecule has 1 saturated heterocycles. The summed E-state index contributed by atoms with van der Waals surface area (Å²) in [6.45, 7) is 7.52. The third-order valence-electron chi connectivity index (χ3n) is 4.95. The number of rotatable bonds is 5. The van der Waals surface area contributed by atoms with E-state index in [1.54, 1.807) is 22.4 Å². The Bertz CT molecular complexity index is 870. The van der Waals surface area contributed by atoms with Crippen molar-refractivity contribution in [1.29, 1.82) is 0 Å². The Balaban J connectivity index is 1.45. The van der Waals surface area contributed by atoms with Crippen LogP contribution in [0, 0.1) is 0 Å². The number of nitrogens with zero attached hydrogens (tertiary/aromatic N) is 2. The molecule has 7 nitrogen and oxygen atoms in total. The van der Waals surface area contributed by atoms with Crippen LogP contribution in [0.2, 0.25) is 0 Å². The smallest absolute Gasteiger partial charge is 0.273 e. The third-order valence-corrected chi connectivity index (χ3v) is 5.65. The number of carbonyl (C=O) groups excluding carboxylic acids is 2. The van der Waals surface area contributed by atoms with Gasteiger partial charge in [0.15, 0.2) is 11.8 Å². The van der Waals surface area contributed by atoms with Gasteiger partial charge in [-0.3, -0.25) is 9.59 Å². The Morgan fingerprint density at radius 3 is 2.69 bits per heavy atom. The number of likely N-dealkylation sites (tertiary alicyclic amines) is 1. The number of hydrogen-bond donors (Lipinski definition) is 2. The number of piperidine rings is 1. The molecule has 2 aromatic rings. The van der Waals surface area contributed by atoms with Crippen molar-refractivity contribution in [3.63, 3.8) is 0 Å². The number of aliphatic hydroxyl groups excluding tert-OH is 1. The number of thiophene rings is 1. The topological polar surface area (TPSA) is 95.7 Å². The van der Waals surface area contributed by atoms with Gasteiger partial charge in [0.25, 0.3) is 11.8 Å². The van der Waals surface area contributed by atoms with E-state index in [-0.39, 0.29) is 22.9 Å². The Labute approximate surface area is 174 Å². The highest BCUT2D eigenvalue weighted by atomic mass is 32.1. The number of aromatic nitrogens is 1. The van der Waals surface area contributed by atoms with E-state index < -0.39 is 6.10 Å². The summed E-state index contributed by atoms with van der Waals surface area (Å²) in [6.07, 6.45) is 2.36. The normalized spacial score (nSPS) is 15.9. The van der Waals surface area contributed by atoms with E-state index in [1.807, 2.05) is 32.2 Å². The fourth-order valence-corrected chi connectivity index (χ4v) is 3.76. The summed E-state index contributed by atoms with van der Waals surface area (Å²) >= 11 is 1.46. The van der Waals surface area contributed by atoms with Crippen LogP contribution in [0.1, 0.15) is 61.5 Å². The number of aliphatic hydroxyl groups is 1. The van der Waals surface area contributed by atoms with Gasteiger partial charge in [0.05, 0.1) is 0 Å². The third kappa shape index (κ3) is 5.33. The van der Waals surface area contributed by atoms with Crippen LogP contribution in [0.15, 0.2) is 39.1 Å². The Morgan fingerprint density at radius 2 is 2.10 bits per heavy atom. The Hall–Kier alpha value is -2.45. The van der Waals surface area contributed by atoms with E-state index in [4.69, 9.17) is 4.52 Å². The predicted molar refractivity (Wildman–Crippen MR) is 111 cm³/mol. The van der Waals surface area contributed by atoms with Gasteiger partial charge in [-0.05, 0) is 29.7 Å². The van der Waals surface area contributed by atoms with Crippen molar-refractivity contribution in [1.82, 2.24) is 15.4 Å². The monoisotopic (exact) mass is 417 g/mol. The molecule has 8 heteroatoms. The molecule has 1 atom stereocenters. The molecule has 0 saturated carbocycles. The maximum absolute atomic E-state index is 12.4. The summed E-state index contributed by atoms with van der Waals surface area (Å²) in [5.41, 5.74) is 1.91. The van der Waals surface area contributed by atoms with Crippen LogP contribution in [-0.2, 0) is 10.2 Å². The lowest BCUT2D eigenvalue weighted by Gasteiger charge is -2.30. The molecule has 3 rings (SSSR count). The summed E-state index contributed by atoms with van der Waals surface area (Å²) in [5, 5.41) is 20.5. The second kappa shape index (κ2) is 8.92. The Morgan fingerprint density at radius 1 is 1.38 bits per heavy atom. The van der Waals surface area contributed by atoms with Crippen LogP contribution in [0.25, 0.3) is 0 Å². The van der Waals surface area contributed by atoms with Crippen LogP contribution in [-0.4, -0.2) is 46.6 Å². The van der Waals surface area contributed by atoms with E-state index in [1.165, 1.54) is 16.9 Å². The fourth-order valence-electron chi connectivity index (χ4n) is 3.08. The summed E-state index contributed by atoms with van der Waals surface area (Å²) in [7, 11) is 0. The highest BCUT2D eigenvalue weighted by Crippen LogP contribution is 2.23. The zero-order valence-corrected chi connectivity index (χ0v) is 17.8. The van der Waals surface area contributed by atoms with E-state index in [0.717, 1.165) is 12.8 Å². The van der Waals surface area contributed by atoms with Gasteiger partial charge >= 0.3 is 0 Å². The SMILES string of the molecule is CC(C)(C)c1cc(C(=O)NCC=C2CCN(C(=O)C(O)c3ccsc3)CC2)no1. The van der Waals surface area contributed by atoms with E-state index in [2.05, 4.69) is 10.5 Å². The standard InChI is InChI=1S/C21H27N3O4S/c1-21(2,3)17-12-16(23-28-17)19(26)22-8-4-14-5-9-24(10-6-14)20(27)18(25)15-7-11-29-13-15/h4,7,11-13,18,25H,5-6,8-10H2,1-3H3,(H,22,26). The molecular formula is C21H27N3O4S. The zero-order chi connectivity index (χ0) is 21.0. The molecule has 2 aromatic heterocycles. The molecule has 0 radical (unpaired) electrons. The summed E-state index contributed by atoms with van der Waals surface area (Å²) in [5.74, 6) is 0.145. The fraction of sp³-hybridized carbons (Fsp3) is 0.476.